The van der Waals surface area contributed by atoms with E-state index in [2.05, 4.69) is 37.6 Å². The molecule has 3 heterocycles. The molecule has 0 aliphatic carbocycles. The van der Waals surface area contributed by atoms with Gasteiger partial charge in [-0.2, -0.15) is 4.98 Å². The summed E-state index contributed by atoms with van der Waals surface area (Å²) in [7, 11) is 0. The summed E-state index contributed by atoms with van der Waals surface area (Å²) in [6.07, 6.45) is 8.91. The van der Waals surface area contributed by atoms with Gasteiger partial charge in [0.25, 0.3) is 5.89 Å². The van der Waals surface area contributed by atoms with E-state index in [9.17, 15) is 0 Å². The number of aliphatic imine (C=N–C) groups is 1. The zero-order chi connectivity index (χ0) is 20.2. The number of nitrogens with one attached hydrogen (secondary N) is 2. The van der Waals surface area contributed by atoms with Gasteiger partial charge in [0.15, 0.2) is 11.8 Å². The van der Waals surface area contributed by atoms with Gasteiger partial charge < -0.3 is 20.1 Å². The van der Waals surface area contributed by atoms with Gasteiger partial charge in [-0.25, -0.2) is 0 Å². The van der Waals surface area contributed by atoms with E-state index in [-0.39, 0.29) is 24.0 Å². The number of aromatic nitrogens is 3. The van der Waals surface area contributed by atoms with Gasteiger partial charge in [-0.1, -0.05) is 24.1 Å². The Hall–Kier alpha value is -1.75. The molecule has 0 spiro atoms. The van der Waals surface area contributed by atoms with Crippen LogP contribution in [0.3, 0.4) is 0 Å². The third-order valence-corrected chi connectivity index (χ3v) is 4.94. The summed E-state index contributed by atoms with van der Waals surface area (Å²) in [5.41, 5.74) is 0.693. The second-order valence-electron chi connectivity index (χ2n) is 7.28. The number of hydrogen-bond donors (Lipinski definition) is 2. The third-order valence-electron chi connectivity index (χ3n) is 4.94. The van der Waals surface area contributed by atoms with Crippen molar-refractivity contribution in [2.45, 2.75) is 45.4 Å². The quantitative estimate of drug-likeness (QED) is 0.224. The maximum Gasteiger partial charge on any atom is 0.276 e. The fourth-order valence-electron chi connectivity index (χ4n) is 3.43. The molecule has 0 unspecified atom stereocenters. The maximum absolute atomic E-state index is 5.30. The molecular weight excluding hydrogens is 493 g/mol. The van der Waals surface area contributed by atoms with E-state index >= 15 is 0 Å². The minimum atomic E-state index is 0. The Labute approximate surface area is 196 Å². The van der Waals surface area contributed by atoms with Crippen LogP contribution >= 0.6 is 24.0 Å². The zero-order valence-electron chi connectivity index (χ0n) is 17.8. The highest BCUT2D eigenvalue weighted by atomic mass is 127. The van der Waals surface area contributed by atoms with Crippen molar-refractivity contribution < 1.29 is 4.52 Å². The summed E-state index contributed by atoms with van der Waals surface area (Å²) < 4.78 is 5.30. The molecule has 9 heteroatoms. The van der Waals surface area contributed by atoms with Crippen LogP contribution in [0.1, 0.15) is 44.9 Å². The Kier molecular flexibility index (Phi) is 11.7. The van der Waals surface area contributed by atoms with Crippen molar-refractivity contribution in [2.75, 3.05) is 39.3 Å². The molecule has 2 N–H and O–H groups in total. The van der Waals surface area contributed by atoms with E-state index in [1.54, 1.807) is 6.20 Å². The highest BCUT2D eigenvalue weighted by Gasteiger charge is 2.10. The first-order chi connectivity index (χ1) is 14.3. The third kappa shape index (κ3) is 8.55. The largest absolute Gasteiger partial charge is 0.357 e. The Morgan fingerprint density at radius 1 is 1.17 bits per heavy atom. The molecule has 30 heavy (non-hydrogen) atoms. The number of likely N-dealkylation sites (tertiary alicyclic amines) is 1. The van der Waals surface area contributed by atoms with Crippen LogP contribution in [-0.4, -0.2) is 65.3 Å². The molecule has 1 saturated heterocycles. The molecule has 0 bridgehead atoms. The number of rotatable bonds is 9. The fraction of sp³-hybridized carbons (Fsp3) is 0.619. The van der Waals surface area contributed by atoms with Gasteiger partial charge in [0.05, 0.1) is 0 Å². The Morgan fingerprint density at radius 3 is 2.73 bits per heavy atom. The average molecular weight is 527 g/mol. The highest BCUT2D eigenvalue weighted by Crippen LogP contribution is 2.13. The first-order valence-electron chi connectivity index (χ1n) is 10.8. The molecule has 0 atom stereocenters. The summed E-state index contributed by atoms with van der Waals surface area (Å²) in [6.45, 7) is 8.07. The van der Waals surface area contributed by atoms with E-state index in [0.717, 1.165) is 32.0 Å². The zero-order valence-corrected chi connectivity index (χ0v) is 20.2. The summed E-state index contributed by atoms with van der Waals surface area (Å²) in [6, 6.07) is 5.62. The van der Waals surface area contributed by atoms with Crippen LogP contribution in [0.2, 0.25) is 0 Å². The Morgan fingerprint density at radius 2 is 2.00 bits per heavy atom. The van der Waals surface area contributed by atoms with E-state index in [4.69, 9.17) is 9.52 Å². The predicted octanol–water partition coefficient (Wildman–Crippen LogP) is 3.11. The van der Waals surface area contributed by atoms with Crippen LogP contribution in [0.15, 0.2) is 33.9 Å². The van der Waals surface area contributed by atoms with Gasteiger partial charge >= 0.3 is 0 Å². The monoisotopic (exact) mass is 527 g/mol. The van der Waals surface area contributed by atoms with Crippen molar-refractivity contribution in [2.24, 2.45) is 4.99 Å². The standard InChI is InChI=1S/C21H33N7O.HI/c1-2-22-21(24-13-9-17-28-15-7-3-4-8-16-28)25-14-11-19-26-20(29-27-19)18-10-5-6-12-23-18;/h5-6,10,12H,2-4,7-9,11,13-17H2,1H3,(H2,22,24,25);1H. The molecule has 166 valence electrons. The summed E-state index contributed by atoms with van der Waals surface area (Å²) in [5, 5.41) is 10.7. The van der Waals surface area contributed by atoms with Crippen molar-refractivity contribution in [1.82, 2.24) is 30.7 Å². The lowest BCUT2D eigenvalue weighted by Gasteiger charge is -2.19. The van der Waals surface area contributed by atoms with Crippen molar-refractivity contribution >= 4 is 29.9 Å². The number of hydrogen-bond acceptors (Lipinski definition) is 6. The first kappa shape index (κ1) is 24.5. The second-order valence-corrected chi connectivity index (χ2v) is 7.28. The lowest BCUT2D eigenvalue weighted by molar-refractivity contribution is 0.283. The second kappa shape index (κ2) is 14.3. The minimum Gasteiger partial charge on any atom is -0.357 e. The molecule has 3 rings (SSSR count). The van der Waals surface area contributed by atoms with E-state index in [1.165, 1.54) is 38.8 Å². The Balaban J connectivity index is 0.00000320. The van der Waals surface area contributed by atoms with Gasteiger partial charge in [-0.3, -0.25) is 9.98 Å². The molecule has 1 fully saturated rings. The maximum atomic E-state index is 5.30. The SMILES string of the molecule is CCNC(=NCCCN1CCCCCC1)NCCc1noc(-c2ccccn2)n1.I. The lowest BCUT2D eigenvalue weighted by atomic mass is 10.2. The number of pyridine rings is 1. The molecule has 2 aromatic heterocycles. The van der Waals surface area contributed by atoms with Gasteiger partial charge in [0.1, 0.15) is 5.69 Å². The number of halogens is 1. The topological polar surface area (TPSA) is 91.5 Å². The van der Waals surface area contributed by atoms with E-state index in [0.29, 0.717) is 30.4 Å². The van der Waals surface area contributed by atoms with Gasteiger partial charge in [0, 0.05) is 32.3 Å². The molecule has 0 aromatic carbocycles. The smallest absolute Gasteiger partial charge is 0.276 e. The van der Waals surface area contributed by atoms with Crippen molar-refractivity contribution in [3.05, 3.63) is 30.2 Å². The van der Waals surface area contributed by atoms with E-state index in [1.807, 2.05) is 18.2 Å². The minimum absolute atomic E-state index is 0. The molecular formula is C21H34IN7O. The average Bonchev–Trinajstić information content (AvgIpc) is 3.07. The number of guanidine groups is 1. The summed E-state index contributed by atoms with van der Waals surface area (Å²) in [4.78, 5) is 15.9. The van der Waals surface area contributed by atoms with Crippen LogP contribution in [0.25, 0.3) is 11.6 Å². The lowest BCUT2D eigenvalue weighted by Crippen LogP contribution is -2.38. The van der Waals surface area contributed by atoms with Crippen LogP contribution in [0, 0.1) is 0 Å². The molecule has 1 aliphatic heterocycles. The van der Waals surface area contributed by atoms with Gasteiger partial charge in [0.2, 0.25) is 0 Å². The van der Waals surface area contributed by atoms with Crippen LogP contribution in [-0.2, 0) is 6.42 Å². The summed E-state index contributed by atoms with van der Waals surface area (Å²) >= 11 is 0. The first-order valence-corrected chi connectivity index (χ1v) is 10.8. The highest BCUT2D eigenvalue weighted by molar-refractivity contribution is 14.0. The van der Waals surface area contributed by atoms with Crippen molar-refractivity contribution in [1.29, 1.82) is 0 Å². The van der Waals surface area contributed by atoms with Crippen LogP contribution in [0.5, 0.6) is 0 Å². The molecule has 0 amide bonds. The van der Waals surface area contributed by atoms with Gasteiger partial charge in [-0.15, -0.1) is 24.0 Å². The van der Waals surface area contributed by atoms with Crippen molar-refractivity contribution in [3.8, 4) is 11.6 Å². The van der Waals surface area contributed by atoms with E-state index < -0.39 is 0 Å². The summed E-state index contributed by atoms with van der Waals surface area (Å²) in [5.74, 6) is 1.96. The fourth-order valence-corrected chi connectivity index (χ4v) is 3.43. The van der Waals surface area contributed by atoms with Crippen LogP contribution < -0.4 is 10.6 Å². The molecule has 2 aromatic rings. The van der Waals surface area contributed by atoms with Crippen LogP contribution in [0.4, 0.5) is 0 Å². The molecule has 1 aliphatic rings. The van der Waals surface area contributed by atoms with Crippen molar-refractivity contribution in [3.63, 3.8) is 0 Å². The normalized spacial score (nSPS) is 15.3. The molecule has 8 nitrogen and oxygen atoms in total. The predicted molar refractivity (Wildman–Crippen MR) is 130 cm³/mol. The Bertz CT molecular complexity index is 730. The van der Waals surface area contributed by atoms with Gasteiger partial charge in [-0.05, 0) is 58.0 Å². The molecule has 0 saturated carbocycles. The number of nitrogens with zero attached hydrogens (tertiary/aromatic N) is 5. The molecule has 0 radical (unpaired) electrons.